The fraction of sp³-hybridized carbons (Fsp3) is 0.667. The van der Waals surface area contributed by atoms with Gasteiger partial charge in [-0.15, -0.1) is 0 Å². The number of nitrogen functional groups attached to an aromatic ring is 1. The highest BCUT2D eigenvalue weighted by molar-refractivity contribution is 8.00. The minimum absolute atomic E-state index is 0.0560. The van der Waals surface area contributed by atoms with Gasteiger partial charge in [0.25, 0.3) is 0 Å². The Kier molecular flexibility index (Phi) is 4.52. The predicted octanol–water partition coefficient (Wildman–Crippen LogP) is 2.15. The zero-order valence-electron chi connectivity index (χ0n) is 10.8. The lowest BCUT2D eigenvalue weighted by molar-refractivity contribution is 0.234. The molecule has 0 amide bonds. The second-order valence-electron chi connectivity index (χ2n) is 4.62. The maximum Gasteiger partial charge on any atom is 0.242 e. The molecule has 3 N–H and O–H groups in total. The van der Waals surface area contributed by atoms with E-state index < -0.39 is 0 Å². The first kappa shape index (κ1) is 13.3. The van der Waals surface area contributed by atoms with Crippen molar-refractivity contribution in [2.24, 2.45) is 0 Å². The van der Waals surface area contributed by atoms with Crippen LogP contribution >= 0.6 is 11.8 Å². The van der Waals surface area contributed by atoms with Gasteiger partial charge in [-0.25, -0.2) is 4.98 Å². The molecule has 5 nitrogen and oxygen atoms in total. The van der Waals surface area contributed by atoms with Gasteiger partial charge < -0.3 is 15.8 Å². The van der Waals surface area contributed by atoms with Crippen LogP contribution in [0.25, 0.3) is 0 Å². The highest BCUT2D eigenvalue weighted by atomic mass is 32.2. The molecule has 0 aromatic carbocycles. The van der Waals surface area contributed by atoms with Crippen molar-refractivity contribution in [2.75, 3.05) is 23.3 Å². The van der Waals surface area contributed by atoms with Gasteiger partial charge in [-0.1, -0.05) is 0 Å². The number of aromatic nitrogens is 2. The summed E-state index contributed by atoms with van der Waals surface area (Å²) in [5.41, 5.74) is 6.49. The van der Waals surface area contributed by atoms with Crippen molar-refractivity contribution in [3.8, 4) is 5.88 Å². The summed E-state index contributed by atoms with van der Waals surface area (Å²) in [6.45, 7) is 4.79. The molecule has 1 aliphatic heterocycles. The molecule has 1 saturated heterocycles. The summed E-state index contributed by atoms with van der Waals surface area (Å²) in [5.74, 6) is 2.39. The normalized spacial score (nSPS) is 19.2. The Hall–Kier alpha value is -1.17. The van der Waals surface area contributed by atoms with Crippen molar-refractivity contribution < 1.29 is 4.74 Å². The van der Waals surface area contributed by atoms with Crippen LogP contribution < -0.4 is 15.8 Å². The fourth-order valence-corrected chi connectivity index (χ4v) is 3.05. The zero-order valence-corrected chi connectivity index (χ0v) is 11.7. The van der Waals surface area contributed by atoms with Gasteiger partial charge in [-0.2, -0.15) is 16.7 Å². The van der Waals surface area contributed by atoms with Gasteiger partial charge in [0.2, 0.25) is 5.88 Å². The summed E-state index contributed by atoms with van der Waals surface area (Å²) in [6.07, 6.45) is 4.11. The quantitative estimate of drug-likeness (QED) is 0.852. The Balaban J connectivity index is 1.98. The number of rotatable bonds is 5. The predicted molar refractivity (Wildman–Crippen MR) is 76.2 cm³/mol. The number of nitrogens with one attached hydrogen (secondary N) is 1. The van der Waals surface area contributed by atoms with E-state index in [1.807, 2.05) is 25.6 Å². The minimum Gasteiger partial charge on any atom is -0.473 e. The van der Waals surface area contributed by atoms with Gasteiger partial charge in [0, 0.05) is 11.8 Å². The van der Waals surface area contributed by atoms with E-state index in [2.05, 4.69) is 15.3 Å². The number of hydrogen-bond donors (Lipinski definition) is 2. The van der Waals surface area contributed by atoms with E-state index in [1.54, 1.807) is 0 Å². The summed E-state index contributed by atoms with van der Waals surface area (Å²) in [7, 11) is 0. The Morgan fingerprint density at radius 1 is 1.56 bits per heavy atom. The number of thioether (sulfide) groups is 1. The monoisotopic (exact) mass is 268 g/mol. The van der Waals surface area contributed by atoms with Crippen LogP contribution in [0.5, 0.6) is 5.88 Å². The van der Waals surface area contributed by atoms with Crippen molar-refractivity contribution in [1.82, 2.24) is 9.97 Å². The third kappa shape index (κ3) is 3.41. The summed E-state index contributed by atoms with van der Waals surface area (Å²) in [5, 5.41) is 3.95. The summed E-state index contributed by atoms with van der Waals surface area (Å²) in [6, 6.07) is 0. The van der Waals surface area contributed by atoms with Crippen molar-refractivity contribution in [3.05, 3.63) is 6.33 Å². The number of anilines is 2. The number of ether oxygens (including phenoxy) is 1. The van der Waals surface area contributed by atoms with Gasteiger partial charge >= 0.3 is 0 Å². The van der Waals surface area contributed by atoms with Crippen LogP contribution in [0, 0.1) is 0 Å². The smallest absolute Gasteiger partial charge is 0.242 e. The summed E-state index contributed by atoms with van der Waals surface area (Å²) >= 11 is 2.00. The first-order valence-electron chi connectivity index (χ1n) is 6.29. The van der Waals surface area contributed by atoms with Crippen LogP contribution in [-0.4, -0.2) is 33.6 Å². The van der Waals surface area contributed by atoms with Gasteiger partial charge in [0.15, 0.2) is 5.82 Å². The molecule has 0 aliphatic carbocycles. The van der Waals surface area contributed by atoms with E-state index in [4.69, 9.17) is 10.5 Å². The molecule has 0 spiro atoms. The molecule has 2 heterocycles. The molecule has 1 aliphatic rings. The van der Waals surface area contributed by atoms with Crippen LogP contribution in [0.3, 0.4) is 0 Å². The average Bonchev–Trinajstić information content (AvgIpc) is 2.83. The van der Waals surface area contributed by atoms with Crippen LogP contribution in [0.15, 0.2) is 6.33 Å². The minimum atomic E-state index is 0.0560. The van der Waals surface area contributed by atoms with E-state index in [1.165, 1.54) is 24.9 Å². The van der Waals surface area contributed by atoms with Gasteiger partial charge in [0.1, 0.15) is 12.0 Å². The molecular weight excluding hydrogens is 248 g/mol. The lowest BCUT2D eigenvalue weighted by atomic mass is 10.2. The Labute approximate surface area is 112 Å². The molecule has 1 atom stereocenters. The lowest BCUT2D eigenvalue weighted by Crippen LogP contribution is -2.17. The molecule has 100 valence electrons. The van der Waals surface area contributed by atoms with Gasteiger partial charge in [-0.3, -0.25) is 0 Å². The molecule has 0 radical (unpaired) electrons. The highest BCUT2D eigenvalue weighted by Gasteiger charge is 2.17. The molecule has 1 unspecified atom stereocenters. The van der Waals surface area contributed by atoms with E-state index >= 15 is 0 Å². The molecule has 1 aromatic heterocycles. The second-order valence-corrected chi connectivity index (χ2v) is 6.03. The molecule has 0 bridgehead atoms. The van der Waals surface area contributed by atoms with Crippen molar-refractivity contribution in [1.29, 1.82) is 0 Å². The SMILES string of the molecule is CC(C)Oc1ncnc(NCC2CCCS2)c1N. The zero-order chi connectivity index (χ0) is 13.0. The standard InChI is InChI=1S/C12H20N4OS/c1-8(2)17-12-10(13)11(15-7-16-12)14-6-9-4-3-5-18-9/h7-9H,3-6,13H2,1-2H3,(H,14,15,16). The Bertz CT molecular complexity index is 394. The fourth-order valence-electron chi connectivity index (χ4n) is 1.85. The van der Waals surface area contributed by atoms with Gasteiger partial charge in [0.05, 0.1) is 6.10 Å². The molecule has 2 rings (SSSR count). The second kappa shape index (κ2) is 6.13. The van der Waals surface area contributed by atoms with E-state index in [9.17, 15) is 0 Å². The van der Waals surface area contributed by atoms with Crippen molar-refractivity contribution in [2.45, 2.75) is 38.0 Å². The van der Waals surface area contributed by atoms with E-state index in [0.29, 0.717) is 22.6 Å². The first-order chi connectivity index (χ1) is 8.66. The van der Waals surface area contributed by atoms with Crippen molar-refractivity contribution in [3.63, 3.8) is 0 Å². The highest BCUT2D eigenvalue weighted by Crippen LogP contribution is 2.29. The first-order valence-corrected chi connectivity index (χ1v) is 7.34. The maximum absolute atomic E-state index is 6.00. The molecule has 1 aromatic rings. The largest absolute Gasteiger partial charge is 0.473 e. The van der Waals surface area contributed by atoms with Crippen LogP contribution in [0.4, 0.5) is 11.5 Å². The topological polar surface area (TPSA) is 73.1 Å². The Morgan fingerprint density at radius 2 is 2.39 bits per heavy atom. The molecule has 0 saturated carbocycles. The number of hydrogen-bond acceptors (Lipinski definition) is 6. The van der Waals surface area contributed by atoms with Crippen LogP contribution in [0.2, 0.25) is 0 Å². The number of nitrogens with two attached hydrogens (primary N) is 1. The third-order valence-corrected chi connectivity index (χ3v) is 4.11. The third-order valence-electron chi connectivity index (χ3n) is 2.72. The molecule has 6 heteroatoms. The molecular formula is C12H20N4OS. The van der Waals surface area contributed by atoms with Crippen molar-refractivity contribution >= 4 is 23.3 Å². The van der Waals surface area contributed by atoms with Crippen LogP contribution in [0.1, 0.15) is 26.7 Å². The number of nitrogens with zero attached hydrogens (tertiary/aromatic N) is 2. The lowest BCUT2D eigenvalue weighted by Gasteiger charge is -2.15. The summed E-state index contributed by atoms with van der Waals surface area (Å²) in [4.78, 5) is 8.23. The Morgan fingerprint density at radius 3 is 3.06 bits per heavy atom. The van der Waals surface area contributed by atoms with Gasteiger partial charge in [-0.05, 0) is 32.4 Å². The van der Waals surface area contributed by atoms with E-state index in [0.717, 1.165) is 6.54 Å². The molecule has 18 heavy (non-hydrogen) atoms. The maximum atomic E-state index is 6.00. The average molecular weight is 268 g/mol. The van der Waals surface area contributed by atoms with Crippen LogP contribution in [-0.2, 0) is 0 Å². The summed E-state index contributed by atoms with van der Waals surface area (Å²) < 4.78 is 5.54. The van der Waals surface area contributed by atoms with E-state index in [-0.39, 0.29) is 6.10 Å². The molecule has 1 fully saturated rings.